The maximum absolute atomic E-state index is 12.7. The minimum absolute atomic E-state index is 0.0742. The Morgan fingerprint density at radius 3 is 2.63 bits per heavy atom. The van der Waals surface area contributed by atoms with Gasteiger partial charge in [-0.05, 0) is 13.0 Å². The van der Waals surface area contributed by atoms with Gasteiger partial charge in [-0.15, -0.1) is 0 Å². The van der Waals surface area contributed by atoms with Gasteiger partial charge in [-0.1, -0.05) is 30.4 Å². The fraction of sp³-hybridized carbons (Fsp3) is 0.500. The molecule has 0 bridgehead atoms. The third kappa shape index (κ3) is 3.97. The molecular weight excluding hydrogens is 392 g/mol. The lowest BCUT2D eigenvalue weighted by Gasteiger charge is -2.29. The monoisotopic (exact) mass is 418 g/mol. The summed E-state index contributed by atoms with van der Waals surface area (Å²) in [5.41, 5.74) is 1.70. The smallest absolute Gasteiger partial charge is 0.336 e. The highest BCUT2D eigenvalue weighted by molar-refractivity contribution is 5.92. The van der Waals surface area contributed by atoms with Crippen LogP contribution in [0.15, 0.2) is 47.6 Å². The number of fused-ring (bicyclic) bond motifs is 3. The minimum atomic E-state index is -0.803. The molecule has 0 unspecified atom stereocenters. The van der Waals surface area contributed by atoms with Crippen LogP contribution in [0, 0.1) is 17.8 Å². The minimum Gasteiger partial charge on any atom is -0.462 e. The molecule has 0 radical (unpaired) electrons. The Labute approximate surface area is 174 Å². The fourth-order valence-electron chi connectivity index (χ4n) is 4.60. The van der Waals surface area contributed by atoms with Crippen molar-refractivity contribution in [2.45, 2.75) is 38.6 Å². The summed E-state index contributed by atoms with van der Waals surface area (Å²) in [5.74, 6) is -3.10. The topological polar surface area (TPSA) is 119 Å². The van der Waals surface area contributed by atoms with E-state index in [1.54, 1.807) is 6.08 Å². The highest BCUT2D eigenvalue weighted by Crippen LogP contribution is 2.51. The van der Waals surface area contributed by atoms with E-state index in [0.717, 1.165) is 5.57 Å². The van der Waals surface area contributed by atoms with Crippen LogP contribution in [0.4, 0.5) is 0 Å². The molecule has 1 saturated carbocycles. The van der Waals surface area contributed by atoms with Gasteiger partial charge < -0.3 is 24.4 Å². The second kappa shape index (κ2) is 8.57. The molecule has 6 atom stereocenters. The molecule has 2 N–H and O–H groups in total. The summed E-state index contributed by atoms with van der Waals surface area (Å²) in [6.45, 7) is 10.2. The third-order valence-corrected chi connectivity index (χ3v) is 5.97. The molecule has 2 aliphatic carbocycles. The molecule has 8 nitrogen and oxygen atoms in total. The van der Waals surface area contributed by atoms with Crippen LogP contribution in [0.5, 0.6) is 0 Å². The predicted octanol–water partition coefficient (Wildman–Crippen LogP) is 0.991. The van der Waals surface area contributed by atoms with Gasteiger partial charge in [0.15, 0.2) is 0 Å². The fourth-order valence-corrected chi connectivity index (χ4v) is 4.60. The van der Waals surface area contributed by atoms with E-state index in [4.69, 9.17) is 14.2 Å². The first kappa shape index (κ1) is 22.0. The Morgan fingerprint density at radius 1 is 1.30 bits per heavy atom. The molecule has 8 heteroatoms. The third-order valence-electron chi connectivity index (χ3n) is 5.97. The molecule has 0 aromatic carbocycles. The maximum atomic E-state index is 12.7. The number of carbonyl (C=O) groups excluding carboxylic acids is 3. The molecule has 3 rings (SSSR count). The van der Waals surface area contributed by atoms with Gasteiger partial charge in [0, 0.05) is 30.8 Å². The van der Waals surface area contributed by atoms with Gasteiger partial charge in [0.05, 0.1) is 24.2 Å². The van der Waals surface area contributed by atoms with E-state index in [2.05, 4.69) is 13.2 Å². The van der Waals surface area contributed by atoms with Crippen LogP contribution in [0.2, 0.25) is 0 Å². The van der Waals surface area contributed by atoms with Crippen LogP contribution in [-0.2, 0) is 28.6 Å². The van der Waals surface area contributed by atoms with Gasteiger partial charge in [0.2, 0.25) is 0 Å². The number of hydrogen-bond acceptors (Lipinski definition) is 8. The molecular formula is C22H26O8. The highest BCUT2D eigenvalue weighted by Gasteiger charge is 2.56. The van der Waals surface area contributed by atoms with Crippen molar-refractivity contribution in [1.29, 1.82) is 0 Å². The van der Waals surface area contributed by atoms with Crippen LogP contribution < -0.4 is 0 Å². The van der Waals surface area contributed by atoms with Crippen LogP contribution in [0.1, 0.15) is 20.3 Å². The van der Waals surface area contributed by atoms with Crippen LogP contribution in [0.25, 0.3) is 0 Å². The predicted molar refractivity (Wildman–Crippen MR) is 105 cm³/mol. The molecule has 0 aromatic heterocycles. The van der Waals surface area contributed by atoms with Crippen molar-refractivity contribution in [1.82, 2.24) is 0 Å². The number of rotatable bonds is 5. The summed E-state index contributed by atoms with van der Waals surface area (Å²) in [5, 5.41) is 20.0. The molecule has 2 fully saturated rings. The maximum Gasteiger partial charge on any atom is 0.336 e. The zero-order chi connectivity index (χ0) is 22.2. The van der Waals surface area contributed by atoms with E-state index in [-0.39, 0.29) is 36.0 Å². The molecule has 0 spiro atoms. The molecule has 30 heavy (non-hydrogen) atoms. The van der Waals surface area contributed by atoms with Gasteiger partial charge in [-0.25, -0.2) is 9.59 Å². The van der Waals surface area contributed by atoms with Gasteiger partial charge in [-0.2, -0.15) is 0 Å². The molecule has 1 heterocycles. The normalized spacial score (nSPS) is 33.3. The van der Waals surface area contributed by atoms with Gasteiger partial charge in [-0.3, -0.25) is 4.79 Å². The lowest BCUT2D eigenvalue weighted by atomic mass is 9.79. The van der Waals surface area contributed by atoms with Crippen molar-refractivity contribution < 1.29 is 38.8 Å². The molecule has 0 amide bonds. The first-order chi connectivity index (χ1) is 14.1. The number of hydrogen-bond donors (Lipinski definition) is 2. The van der Waals surface area contributed by atoms with Crippen molar-refractivity contribution >= 4 is 17.9 Å². The van der Waals surface area contributed by atoms with Crippen molar-refractivity contribution in [3.05, 3.63) is 47.6 Å². The number of carbonyl (C=O) groups is 3. The van der Waals surface area contributed by atoms with Crippen molar-refractivity contribution in [2.24, 2.45) is 17.8 Å². The van der Waals surface area contributed by atoms with E-state index in [9.17, 15) is 24.6 Å². The summed E-state index contributed by atoms with van der Waals surface area (Å²) in [4.78, 5) is 35.8. The number of aliphatic hydroxyl groups is 2. The second-order valence-electron chi connectivity index (χ2n) is 7.87. The molecule has 0 aromatic rings. The summed E-state index contributed by atoms with van der Waals surface area (Å²) in [6.07, 6.45) is 1.02. The van der Waals surface area contributed by atoms with Gasteiger partial charge in [0.25, 0.3) is 0 Å². The quantitative estimate of drug-likeness (QED) is 0.294. The number of esters is 3. The van der Waals surface area contributed by atoms with E-state index in [0.29, 0.717) is 5.57 Å². The van der Waals surface area contributed by atoms with E-state index >= 15 is 0 Å². The number of aliphatic hydroxyl groups excluding tert-OH is 2. The second-order valence-corrected chi connectivity index (χ2v) is 7.87. The molecule has 3 aliphatic rings. The Morgan fingerprint density at radius 2 is 2.00 bits per heavy atom. The summed E-state index contributed by atoms with van der Waals surface area (Å²) >= 11 is 0. The van der Waals surface area contributed by atoms with Crippen molar-refractivity contribution in [3.63, 3.8) is 0 Å². The average molecular weight is 418 g/mol. The van der Waals surface area contributed by atoms with Gasteiger partial charge in [0.1, 0.15) is 18.8 Å². The Balaban J connectivity index is 1.87. The van der Waals surface area contributed by atoms with Crippen LogP contribution in [-0.4, -0.2) is 59.6 Å². The Hall–Kier alpha value is -2.71. The highest BCUT2D eigenvalue weighted by atomic mass is 16.6. The molecule has 162 valence electrons. The first-order valence-corrected chi connectivity index (χ1v) is 9.73. The van der Waals surface area contributed by atoms with Crippen LogP contribution in [0.3, 0.4) is 0 Å². The molecule has 1 saturated heterocycles. The SMILES string of the molecule is C=C1C[C@@H](OC(=O)/C(=C/COC(C)=O)CO)[C@H]2C(=C)C(=O)O[C@@H]2[C@H]2C(C)=C[C@@H](O)[C@@H]12. The lowest BCUT2D eigenvalue weighted by Crippen LogP contribution is -2.37. The standard InChI is InChI=1S/C22H26O8/c1-10-7-15(25)17-11(2)8-16(19-12(3)21(26)30-20(19)18(10)17)29-22(27)14(9-23)5-6-28-13(4)24/h5,7,15-20,23,25H,2-3,6,8-9H2,1,4H3/b14-5+/t15-,16-,17-,18+,19-,20-/m1/s1. The zero-order valence-electron chi connectivity index (χ0n) is 17.0. The van der Waals surface area contributed by atoms with Crippen LogP contribution >= 0.6 is 0 Å². The van der Waals surface area contributed by atoms with Crippen molar-refractivity contribution in [3.8, 4) is 0 Å². The molecule has 1 aliphatic heterocycles. The van der Waals surface area contributed by atoms with E-state index < -0.39 is 48.7 Å². The van der Waals surface area contributed by atoms with E-state index in [1.165, 1.54) is 13.0 Å². The summed E-state index contributed by atoms with van der Waals surface area (Å²) in [6, 6.07) is 0. The summed E-state index contributed by atoms with van der Waals surface area (Å²) in [7, 11) is 0. The average Bonchev–Trinajstić information content (AvgIpc) is 3.08. The van der Waals surface area contributed by atoms with Gasteiger partial charge >= 0.3 is 17.9 Å². The van der Waals surface area contributed by atoms with Crippen molar-refractivity contribution in [2.75, 3.05) is 13.2 Å². The lowest BCUT2D eigenvalue weighted by molar-refractivity contribution is -0.149. The Kier molecular flexibility index (Phi) is 6.28. The Bertz CT molecular complexity index is 851. The zero-order valence-corrected chi connectivity index (χ0v) is 17.0. The van der Waals surface area contributed by atoms with E-state index in [1.807, 2.05) is 6.92 Å². The number of ether oxygens (including phenoxy) is 3. The summed E-state index contributed by atoms with van der Waals surface area (Å²) < 4.78 is 16.0. The largest absolute Gasteiger partial charge is 0.462 e. The first-order valence-electron chi connectivity index (χ1n) is 9.73.